The van der Waals surface area contributed by atoms with Crippen LogP contribution in [0.3, 0.4) is 0 Å². The van der Waals surface area contributed by atoms with Crippen LogP contribution in [0.4, 0.5) is 17.5 Å². The normalized spacial score (nSPS) is 10.5. The molecular formula is C10H13ClN6. The molecule has 0 aliphatic carbocycles. The average Bonchev–Trinajstić information content (AvgIpc) is 2.57. The van der Waals surface area contributed by atoms with Gasteiger partial charge in [0, 0.05) is 19.3 Å². The maximum atomic E-state index is 5.80. The SMILES string of the molecule is CCc1nn(C)cc1Nc1cc(Cl)nc(N)n1. The van der Waals surface area contributed by atoms with Gasteiger partial charge in [-0.25, -0.2) is 4.98 Å². The Hall–Kier alpha value is -1.82. The summed E-state index contributed by atoms with van der Waals surface area (Å²) in [4.78, 5) is 7.84. The molecule has 2 heterocycles. The molecule has 7 heteroatoms. The fourth-order valence-electron chi connectivity index (χ4n) is 1.54. The Bertz CT molecular complexity index is 515. The van der Waals surface area contributed by atoms with Crippen molar-refractivity contribution < 1.29 is 0 Å². The summed E-state index contributed by atoms with van der Waals surface area (Å²) in [7, 11) is 1.87. The molecule has 0 aliphatic rings. The highest BCUT2D eigenvalue weighted by Crippen LogP contribution is 2.21. The number of nitrogen functional groups attached to an aromatic ring is 1. The Kier molecular flexibility index (Phi) is 3.14. The zero-order valence-electron chi connectivity index (χ0n) is 9.61. The minimum Gasteiger partial charge on any atom is -0.368 e. The molecule has 90 valence electrons. The van der Waals surface area contributed by atoms with Gasteiger partial charge in [-0.15, -0.1) is 0 Å². The van der Waals surface area contributed by atoms with Crippen molar-refractivity contribution in [1.82, 2.24) is 19.7 Å². The van der Waals surface area contributed by atoms with Gasteiger partial charge in [0.05, 0.1) is 11.4 Å². The number of anilines is 3. The van der Waals surface area contributed by atoms with Gasteiger partial charge in [0.25, 0.3) is 0 Å². The Labute approximate surface area is 104 Å². The molecule has 0 atom stereocenters. The Balaban J connectivity index is 2.30. The van der Waals surface area contributed by atoms with E-state index in [0.29, 0.717) is 11.0 Å². The lowest BCUT2D eigenvalue weighted by molar-refractivity contribution is 0.746. The van der Waals surface area contributed by atoms with Gasteiger partial charge in [-0.3, -0.25) is 4.68 Å². The van der Waals surface area contributed by atoms with Crippen LogP contribution in [0.1, 0.15) is 12.6 Å². The van der Waals surface area contributed by atoms with Crippen molar-refractivity contribution in [3.05, 3.63) is 23.1 Å². The van der Waals surface area contributed by atoms with Crippen LogP contribution < -0.4 is 11.1 Å². The highest BCUT2D eigenvalue weighted by atomic mass is 35.5. The summed E-state index contributed by atoms with van der Waals surface area (Å²) in [5.41, 5.74) is 7.37. The first kappa shape index (κ1) is 11.7. The van der Waals surface area contributed by atoms with E-state index in [-0.39, 0.29) is 5.95 Å². The van der Waals surface area contributed by atoms with Crippen molar-refractivity contribution >= 4 is 29.1 Å². The number of rotatable bonds is 3. The van der Waals surface area contributed by atoms with Crippen LogP contribution in [0, 0.1) is 0 Å². The summed E-state index contributed by atoms with van der Waals surface area (Å²) in [6, 6.07) is 1.62. The van der Waals surface area contributed by atoms with Crippen molar-refractivity contribution in [2.45, 2.75) is 13.3 Å². The second-order valence-electron chi connectivity index (χ2n) is 3.58. The molecule has 2 aromatic rings. The third-order valence-corrected chi connectivity index (χ3v) is 2.41. The third kappa shape index (κ3) is 2.65. The lowest BCUT2D eigenvalue weighted by Crippen LogP contribution is -2.00. The van der Waals surface area contributed by atoms with E-state index >= 15 is 0 Å². The summed E-state index contributed by atoms with van der Waals surface area (Å²) in [6.07, 6.45) is 2.71. The first-order valence-electron chi connectivity index (χ1n) is 5.18. The lowest BCUT2D eigenvalue weighted by Gasteiger charge is -2.05. The van der Waals surface area contributed by atoms with E-state index in [0.717, 1.165) is 17.8 Å². The van der Waals surface area contributed by atoms with Crippen LogP contribution in [-0.2, 0) is 13.5 Å². The van der Waals surface area contributed by atoms with Gasteiger partial charge in [0.2, 0.25) is 5.95 Å². The summed E-state index contributed by atoms with van der Waals surface area (Å²) in [5.74, 6) is 0.701. The number of hydrogen-bond acceptors (Lipinski definition) is 5. The van der Waals surface area contributed by atoms with Gasteiger partial charge in [0.1, 0.15) is 11.0 Å². The Morgan fingerprint density at radius 3 is 2.88 bits per heavy atom. The molecule has 0 bridgehead atoms. The minimum atomic E-state index is 0.141. The number of nitrogens with zero attached hydrogens (tertiary/aromatic N) is 4. The molecule has 0 saturated carbocycles. The largest absolute Gasteiger partial charge is 0.368 e. The van der Waals surface area contributed by atoms with Crippen molar-refractivity contribution in [3.8, 4) is 0 Å². The van der Waals surface area contributed by atoms with Gasteiger partial charge >= 0.3 is 0 Å². The predicted molar refractivity (Wildman–Crippen MR) is 67.3 cm³/mol. The highest BCUT2D eigenvalue weighted by molar-refractivity contribution is 6.29. The topological polar surface area (TPSA) is 81.7 Å². The van der Waals surface area contributed by atoms with Crippen molar-refractivity contribution in [2.75, 3.05) is 11.1 Å². The standard InChI is InChI=1S/C10H13ClN6/c1-3-6-7(5-17(2)16-6)13-9-4-8(11)14-10(12)15-9/h4-5H,3H2,1-2H3,(H3,12,13,14,15). The van der Waals surface area contributed by atoms with E-state index in [1.54, 1.807) is 10.7 Å². The first-order valence-corrected chi connectivity index (χ1v) is 5.56. The van der Waals surface area contributed by atoms with Crippen LogP contribution in [0.15, 0.2) is 12.3 Å². The summed E-state index contributed by atoms with van der Waals surface area (Å²) < 4.78 is 1.74. The molecule has 2 rings (SSSR count). The number of aromatic nitrogens is 4. The molecule has 17 heavy (non-hydrogen) atoms. The lowest BCUT2D eigenvalue weighted by atomic mass is 10.3. The van der Waals surface area contributed by atoms with Crippen LogP contribution in [0.25, 0.3) is 0 Å². The number of halogens is 1. The summed E-state index contributed by atoms with van der Waals surface area (Å²) >= 11 is 5.80. The Morgan fingerprint density at radius 1 is 1.47 bits per heavy atom. The number of aryl methyl sites for hydroxylation is 2. The molecule has 2 aromatic heterocycles. The quantitative estimate of drug-likeness (QED) is 0.814. The van der Waals surface area contributed by atoms with E-state index in [1.165, 1.54) is 0 Å². The molecule has 0 amide bonds. The van der Waals surface area contributed by atoms with Crippen LogP contribution in [-0.4, -0.2) is 19.7 Å². The van der Waals surface area contributed by atoms with Crippen molar-refractivity contribution in [1.29, 1.82) is 0 Å². The number of hydrogen-bond donors (Lipinski definition) is 2. The number of nitrogens with two attached hydrogens (primary N) is 1. The van der Waals surface area contributed by atoms with E-state index in [1.807, 2.05) is 20.2 Å². The maximum Gasteiger partial charge on any atom is 0.223 e. The van der Waals surface area contributed by atoms with Crippen molar-refractivity contribution in [2.24, 2.45) is 7.05 Å². The number of nitrogens with one attached hydrogen (secondary N) is 1. The summed E-state index contributed by atoms with van der Waals surface area (Å²) in [6.45, 7) is 2.04. The highest BCUT2D eigenvalue weighted by Gasteiger charge is 2.07. The van der Waals surface area contributed by atoms with E-state index in [4.69, 9.17) is 17.3 Å². The fraction of sp³-hybridized carbons (Fsp3) is 0.300. The second kappa shape index (κ2) is 4.58. The second-order valence-corrected chi connectivity index (χ2v) is 3.96. The third-order valence-electron chi connectivity index (χ3n) is 2.22. The molecule has 0 spiro atoms. The molecule has 0 saturated heterocycles. The molecule has 0 aliphatic heterocycles. The smallest absolute Gasteiger partial charge is 0.223 e. The molecule has 0 unspecified atom stereocenters. The van der Waals surface area contributed by atoms with E-state index in [9.17, 15) is 0 Å². The predicted octanol–water partition coefficient (Wildman–Crippen LogP) is 1.75. The zero-order valence-corrected chi connectivity index (χ0v) is 10.4. The molecule has 6 nitrogen and oxygen atoms in total. The van der Waals surface area contributed by atoms with Crippen molar-refractivity contribution in [3.63, 3.8) is 0 Å². The van der Waals surface area contributed by atoms with Gasteiger partial charge in [0.15, 0.2) is 0 Å². The zero-order chi connectivity index (χ0) is 12.4. The molecule has 0 aromatic carbocycles. The molecule has 0 fully saturated rings. The van der Waals surface area contributed by atoms with Gasteiger partial charge < -0.3 is 11.1 Å². The van der Waals surface area contributed by atoms with Gasteiger partial charge in [-0.1, -0.05) is 18.5 Å². The van der Waals surface area contributed by atoms with Crippen LogP contribution in [0.5, 0.6) is 0 Å². The summed E-state index contributed by atoms with van der Waals surface area (Å²) in [5, 5.41) is 7.75. The van der Waals surface area contributed by atoms with Crippen LogP contribution in [0.2, 0.25) is 5.15 Å². The van der Waals surface area contributed by atoms with Gasteiger partial charge in [-0.2, -0.15) is 10.1 Å². The van der Waals surface area contributed by atoms with Crippen LogP contribution >= 0.6 is 11.6 Å². The first-order chi connectivity index (χ1) is 8.08. The molecular weight excluding hydrogens is 240 g/mol. The monoisotopic (exact) mass is 252 g/mol. The molecule has 0 radical (unpaired) electrons. The van der Waals surface area contributed by atoms with E-state index in [2.05, 4.69) is 20.4 Å². The van der Waals surface area contributed by atoms with E-state index < -0.39 is 0 Å². The van der Waals surface area contributed by atoms with Gasteiger partial charge in [-0.05, 0) is 6.42 Å². The molecule has 3 N–H and O–H groups in total. The fourth-order valence-corrected chi connectivity index (χ4v) is 1.73. The maximum absolute atomic E-state index is 5.80. The Morgan fingerprint density at radius 2 is 2.24 bits per heavy atom. The average molecular weight is 253 g/mol. The minimum absolute atomic E-state index is 0.141.